The summed E-state index contributed by atoms with van der Waals surface area (Å²) < 4.78 is 0. The number of carbonyl (C=O) groups is 2. The van der Waals surface area contributed by atoms with Crippen molar-refractivity contribution < 1.29 is 9.59 Å². The van der Waals surface area contributed by atoms with Gasteiger partial charge in [0, 0.05) is 24.3 Å². The Morgan fingerprint density at radius 1 is 1.12 bits per heavy atom. The molecule has 4 unspecified atom stereocenters. The number of hydrogen-bond donors (Lipinski definition) is 1. The van der Waals surface area contributed by atoms with Crippen molar-refractivity contribution in [3.05, 3.63) is 75.7 Å². The van der Waals surface area contributed by atoms with Gasteiger partial charge in [0.15, 0.2) is 0 Å². The number of benzene rings is 2. The van der Waals surface area contributed by atoms with E-state index in [1.165, 1.54) is 16.7 Å². The summed E-state index contributed by atoms with van der Waals surface area (Å²) in [6, 6.07) is 17.0. The van der Waals surface area contributed by atoms with Gasteiger partial charge < -0.3 is 10.2 Å². The second-order valence-electron chi connectivity index (χ2n) is 9.72. The summed E-state index contributed by atoms with van der Waals surface area (Å²) in [7, 11) is 1.90. The fourth-order valence-corrected chi connectivity index (χ4v) is 7.12. The predicted molar refractivity (Wildman–Crippen MR) is 135 cm³/mol. The minimum absolute atomic E-state index is 0.0292. The Morgan fingerprint density at radius 3 is 2.82 bits per heavy atom. The summed E-state index contributed by atoms with van der Waals surface area (Å²) >= 11 is 1.71. The highest BCUT2D eigenvalue weighted by atomic mass is 32.2. The van der Waals surface area contributed by atoms with Crippen LogP contribution in [0, 0.1) is 12.8 Å². The molecule has 33 heavy (non-hydrogen) atoms. The van der Waals surface area contributed by atoms with Crippen LogP contribution in [0.4, 0.5) is 0 Å². The van der Waals surface area contributed by atoms with E-state index < -0.39 is 0 Å². The van der Waals surface area contributed by atoms with E-state index in [1.807, 2.05) is 30.2 Å². The molecule has 2 aromatic carbocycles. The SMILES string of the molecule is Cc1cccc(/C=C2\SC3CCC(C(=O)NC4CCCc5ccccc54)CC3N(C)C2=O)c1. The van der Waals surface area contributed by atoms with Crippen LogP contribution in [0.2, 0.25) is 0 Å². The first kappa shape index (κ1) is 22.3. The van der Waals surface area contributed by atoms with E-state index in [1.54, 1.807) is 11.8 Å². The van der Waals surface area contributed by atoms with Gasteiger partial charge in [-0.3, -0.25) is 9.59 Å². The van der Waals surface area contributed by atoms with Crippen LogP contribution in [-0.4, -0.2) is 35.1 Å². The molecule has 2 fully saturated rings. The molecule has 1 saturated carbocycles. The van der Waals surface area contributed by atoms with Gasteiger partial charge in [0.05, 0.1) is 10.9 Å². The summed E-state index contributed by atoms with van der Waals surface area (Å²) in [6.45, 7) is 2.07. The third-order valence-corrected chi connectivity index (χ3v) is 8.86. The highest BCUT2D eigenvalue weighted by molar-refractivity contribution is 8.04. The third-order valence-electron chi connectivity index (χ3n) is 7.46. The van der Waals surface area contributed by atoms with E-state index >= 15 is 0 Å². The number of amides is 2. The van der Waals surface area contributed by atoms with Gasteiger partial charge in [0.25, 0.3) is 5.91 Å². The molecule has 0 radical (unpaired) electrons. The van der Waals surface area contributed by atoms with Crippen molar-refractivity contribution >= 4 is 29.7 Å². The molecule has 0 spiro atoms. The summed E-state index contributed by atoms with van der Waals surface area (Å²) in [4.78, 5) is 29.1. The molecule has 172 valence electrons. The molecule has 1 N–H and O–H groups in total. The number of thioether (sulfide) groups is 1. The molecule has 5 heteroatoms. The molecule has 2 aromatic rings. The number of nitrogens with zero attached hydrogens (tertiary/aromatic N) is 1. The first-order valence-corrected chi connectivity index (χ1v) is 13.0. The predicted octanol–water partition coefficient (Wildman–Crippen LogP) is 5.27. The van der Waals surface area contributed by atoms with Gasteiger partial charge in [-0.1, -0.05) is 54.1 Å². The maximum Gasteiger partial charge on any atom is 0.260 e. The number of rotatable bonds is 3. The zero-order valence-electron chi connectivity index (χ0n) is 19.4. The average Bonchev–Trinajstić information content (AvgIpc) is 2.82. The second kappa shape index (κ2) is 9.38. The summed E-state index contributed by atoms with van der Waals surface area (Å²) in [5, 5.41) is 3.70. The average molecular weight is 461 g/mol. The molecule has 0 bridgehead atoms. The van der Waals surface area contributed by atoms with E-state index in [4.69, 9.17) is 0 Å². The number of aryl methyl sites for hydroxylation is 2. The Morgan fingerprint density at radius 2 is 1.97 bits per heavy atom. The van der Waals surface area contributed by atoms with Crippen LogP contribution in [0.5, 0.6) is 0 Å². The molecule has 1 saturated heterocycles. The van der Waals surface area contributed by atoms with Gasteiger partial charge in [-0.15, -0.1) is 11.8 Å². The van der Waals surface area contributed by atoms with Crippen LogP contribution < -0.4 is 5.32 Å². The Hall–Kier alpha value is -2.53. The van der Waals surface area contributed by atoms with Gasteiger partial charge in [-0.25, -0.2) is 0 Å². The van der Waals surface area contributed by atoms with Crippen molar-refractivity contribution in [2.75, 3.05) is 7.05 Å². The maximum absolute atomic E-state index is 13.2. The number of likely N-dealkylation sites (N-methyl/N-ethyl adjacent to an activating group) is 1. The molecular weight excluding hydrogens is 428 g/mol. The lowest BCUT2D eigenvalue weighted by Crippen LogP contribution is -2.52. The van der Waals surface area contributed by atoms with Gasteiger partial charge in [0.1, 0.15) is 0 Å². The van der Waals surface area contributed by atoms with Crippen LogP contribution in [0.15, 0.2) is 53.4 Å². The minimum Gasteiger partial charge on any atom is -0.349 e. The lowest BCUT2D eigenvalue weighted by molar-refractivity contribution is -0.132. The van der Waals surface area contributed by atoms with E-state index in [0.717, 1.165) is 49.0 Å². The Bertz CT molecular complexity index is 1090. The summed E-state index contributed by atoms with van der Waals surface area (Å²) in [5.74, 6) is 0.200. The van der Waals surface area contributed by atoms with Crippen LogP contribution in [0.25, 0.3) is 6.08 Å². The highest BCUT2D eigenvalue weighted by Gasteiger charge is 2.43. The lowest BCUT2D eigenvalue weighted by atomic mass is 9.82. The van der Waals surface area contributed by atoms with Gasteiger partial charge in [-0.05, 0) is 68.2 Å². The topological polar surface area (TPSA) is 49.4 Å². The van der Waals surface area contributed by atoms with Crippen molar-refractivity contribution in [1.29, 1.82) is 0 Å². The zero-order chi connectivity index (χ0) is 22.9. The van der Waals surface area contributed by atoms with E-state index in [2.05, 4.69) is 48.6 Å². The van der Waals surface area contributed by atoms with Crippen LogP contribution in [-0.2, 0) is 16.0 Å². The molecule has 0 aromatic heterocycles. The Balaban J connectivity index is 1.26. The number of nitrogens with one attached hydrogen (secondary N) is 1. The lowest BCUT2D eigenvalue weighted by Gasteiger charge is -2.44. The van der Waals surface area contributed by atoms with Crippen molar-refractivity contribution in [3.63, 3.8) is 0 Å². The fraction of sp³-hybridized carbons (Fsp3) is 0.429. The fourth-order valence-electron chi connectivity index (χ4n) is 5.64. The van der Waals surface area contributed by atoms with Crippen LogP contribution >= 0.6 is 11.8 Å². The zero-order valence-corrected chi connectivity index (χ0v) is 20.2. The first-order valence-electron chi connectivity index (χ1n) is 12.1. The van der Waals surface area contributed by atoms with E-state index in [-0.39, 0.29) is 29.8 Å². The first-order chi connectivity index (χ1) is 16.0. The van der Waals surface area contributed by atoms with Crippen LogP contribution in [0.3, 0.4) is 0 Å². The summed E-state index contributed by atoms with van der Waals surface area (Å²) in [6.07, 6.45) is 7.82. The molecule has 2 aliphatic carbocycles. The molecule has 4 atom stereocenters. The quantitative estimate of drug-likeness (QED) is 0.635. The molecule has 1 aliphatic heterocycles. The highest BCUT2D eigenvalue weighted by Crippen LogP contribution is 2.43. The summed E-state index contributed by atoms with van der Waals surface area (Å²) in [5.41, 5.74) is 4.89. The third kappa shape index (κ3) is 4.61. The molecule has 2 amide bonds. The molecular formula is C28H32N2O2S. The number of carbonyl (C=O) groups excluding carboxylic acids is 2. The molecule has 3 aliphatic rings. The Kier molecular flexibility index (Phi) is 6.33. The normalized spacial score (nSPS) is 28.2. The van der Waals surface area contributed by atoms with Crippen molar-refractivity contribution in [2.24, 2.45) is 5.92 Å². The molecule has 1 heterocycles. The maximum atomic E-state index is 13.2. The van der Waals surface area contributed by atoms with Crippen LogP contribution in [0.1, 0.15) is 60.4 Å². The largest absolute Gasteiger partial charge is 0.349 e. The Labute approximate surface area is 200 Å². The van der Waals surface area contributed by atoms with Crippen molar-refractivity contribution in [1.82, 2.24) is 10.2 Å². The second-order valence-corrected chi connectivity index (χ2v) is 11.0. The number of hydrogen-bond acceptors (Lipinski definition) is 3. The standard InChI is InChI=1S/C28H32N2O2S/c1-18-7-5-8-19(15-18)16-26-28(32)30(2)24-17-21(13-14-25(24)33-26)27(31)29-23-12-6-10-20-9-3-4-11-22(20)23/h3-5,7-9,11,15-16,21,23-25H,6,10,12-14,17H2,1-2H3,(H,29,31)/b26-16-. The van der Waals surface area contributed by atoms with Gasteiger partial charge in [-0.2, -0.15) is 0 Å². The molecule has 5 rings (SSSR count). The van der Waals surface area contributed by atoms with E-state index in [0.29, 0.717) is 5.25 Å². The van der Waals surface area contributed by atoms with Gasteiger partial charge in [0.2, 0.25) is 5.91 Å². The number of fused-ring (bicyclic) bond motifs is 2. The van der Waals surface area contributed by atoms with Gasteiger partial charge >= 0.3 is 0 Å². The van der Waals surface area contributed by atoms with Crippen molar-refractivity contribution in [3.8, 4) is 0 Å². The van der Waals surface area contributed by atoms with Crippen molar-refractivity contribution in [2.45, 2.75) is 62.8 Å². The monoisotopic (exact) mass is 460 g/mol. The van der Waals surface area contributed by atoms with E-state index in [9.17, 15) is 9.59 Å². The smallest absolute Gasteiger partial charge is 0.260 e. The minimum atomic E-state index is -0.0292. The molecule has 4 nitrogen and oxygen atoms in total.